The number of amides is 1. The Hall–Kier alpha value is -2.93. The number of aryl methyl sites for hydroxylation is 1. The molecule has 0 aliphatic heterocycles. The normalized spacial score (nSPS) is 10.5. The lowest BCUT2D eigenvalue weighted by atomic mass is 10.2. The fraction of sp³-hybridized carbons (Fsp3) is 0.250. The molecule has 2 aromatic heterocycles. The quantitative estimate of drug-likeness (QED) is 0.648. The third-order valence-electron chi connectivity index (χ3n) is 4.11. The van der Waals surface area contributed by atoms with E-state index in [2.05, 4.69) is 9.97 Å². The molecule has 3 rings (SSSR count). The number of benzene rings is 1. The average molecular weight is 383 g/mol. The van der Waals surface area contributed by atoms with Crippen molar-refractivity contribution in [2.75, 3.05) is 21.3 Å². The molecule has 0 spiro atoms. The van der Waals surface area contributed by atoms with Crippen molar-refractivity contribution in [3.05, 3.63) is 58.9 Å². The van der Waals surface area contributed by atoms with Crippen molar-refractivity contribution in [3.8, 4) is 22.1 Å². The van der Waals surface area contributed by atoms with Crippen molar-refractivity contribution in [2.45, 2.75) is 13.5 Å². The molecular weight excluding hydrogens is 362 g/mol. The van der Waals surface area contributed by atoms with E-state index in [-0.39, 0.29) is 5.91 Å². The van der Waals surface area contributed by atoms with Gasteiger partial charge < -0.3 is 14.4 Å². The highest BCUT2D eigenvalue weighted by Crippen LogP contribution is 2.35. The van der Waals surface area contributed by atoms with Crippen molar-refractivity contribution in [2.24, 2.45) is 0 Å². The molecule has 0 N–H and O–H groups in total. The number of hydrogen-bond donors (Lipinski definition) is 0. The van der Waals surface area contributed by atoms with Gasteiger partial charge >= 0.3 is 0 Å². The van der Waals surface area contributed by atoms with E-state index in [0.717, 1.165) is 16.1 Å². The van der Waals surface area contributed by atoms with Crippen molar-refractivity contribution in [1.29, 1.82) is 0 Å². The molecule has 0 radical (unpaired) electrons. The van der Waals surface area contributed by atoms with Crippen LogP contribution < -0.4 is 9.47 Å². The number of thiazole rings is 1. The molecule has 0 aliphatic rings. The fourth-order valence-electron chi connectivity index (χ4n) is 2.70. The summed E-state index contributed by atoms with van der Waals surface area (Å²) in [6.45, 7) is 2.35. The minimum atomic E-state index is -0.0550. The maximum atomic E-state index is 12.9. The molecule has 3 aromatic rings. The zero-order valence-electron chi connectivity index (χ0n) is 15.7. The third-order valence-corrected chi connectivity index (χ3v) is 5.31. The van der Waals surface area contributed by atoms with Crippen LogP contribution in [0.3, 0.4) is 0 Å². The number of pyridine rings is 1. The van der Waals surface area contributed by atoms with Crippen LogP contribution in [0, 0.1) is 6.92 Å². The van der Waals surface area contributed by atoms with Crippen LogP contribution in [0.15, 0.2) is 42.7 Å². The topological polar surface area (TPSA) is 64.5 Å². The first-order valence-electron chi connectivity index (χ1n) is 8.37. The predicted octanol–water partition coefficient (Wildman–Crippen LogP) is 3.80. The molecule has 0 saturated heterocycles. The summed E-state index contributed by atoms with van der Waals surface area (Å²) in [5.74, 6) is 1.23. The highest BCUT2D eigenvalue weighted by Gasteiger charge is 2.20. The molecule has 0 saturated carbocycles. The minimum Gasteiger partial charge on any atom is -0.493 e. The molecule has 2 heterocycles. The number of rotatable bonds is 6. The summed E-state index contributed by atoms with van der Waals surface area (Å²) in [6, 6.07) is 9.42. The SMILES string of the molecule is COc1ccc(-c2nc(C)c(C(=O)N(C)Cc3cccnc3)s2)cc1OC. The number of carbonyl (C=O) groups excluding carboxylic acids is 1. The highest BCUT2D eigenvalue weighted by molar-refractivity contribution is 7.17. The van der Waals surface area contributed by atoms with E-state index in [1.165, 1.54) is 11.3 Å². The van der Waals surface area contributed by atoms with Gasteiger partial charge in [0.1, 0.15) is 9.88 Å². The molecule has 0 bridgehead atoms. The summed E-state index contributed by atoms with van der Waals surface area (Å²) in [7, 11) is 4.97. The Morgan fingerprint density at radius 3 is 2.63 bits per heavy atom. The van der Waals surface area contributed by atoms with E-state index in [1.807, 2.05) is 37.3 Å². The van der Waals surface area contributed by atoms with Crippen molar-refractivity contribution >= 4 is 17.2 Å². The van der Waals surface area contributed by atoms with Gasteiger partial charge in [0.05, 0.1) is 19.9 Å². The van der Waals surface area contributed by atoms with E-state index in [1.54, 1.807) is 38.6 Å². The molecule has 27 heavy (non-hydrogen) atoms. The largest absolute Gasteiger partial charge is 0.493 e. The first-order valence-corrected chi connectivity index (χ1v) is 9.19. The van der Waals surface area contributed by atoms with Gasteiger partial charge in [0.25, 0.3) is 5.91 Å². The van der Waals surface area contributed by atoms with Gasteiger partial charge in [-0.15, -0.1) is 11.3 Å². The summed E-state index contributed by atoms with van der Waals surface area (Å²) in [4.78, 5) is 23.9. The molecular formula is C20H21N3O3S. The molecule has 140 valence electrons. The lowest BCUT2D eigenvalue weighted by Crippen LogP contribution is -2.26. The first kappa shape index (κ1) is 18.8. The van der Waals surface area contributed by atoms with Gasteiger partial charge in [-0.3, -0.25) is 9.78 Å². The van der Waals surface area contributed by atoms with Crippen LogP contribution in [-0.4, -0.2) is 42.0 Å². The summed E-state index contributed by atoms with van der Waals surface area (Å²) in [6.07, 6.45) is 3.48. The molecule has 6 nitrogen and oxygen atoms in total. The maximum absolute atomic E-state index is 12.9. The molecule has 1 aromatic carbocycles. The van der Waals surface area contributed by atoms with E-state index < -0.39 is 0 Å². The first-order chi connectivity index (χ1) is 13.0. The number of ether oxygens (including phenoxy) is 2. The molecule has 0 unspecified atom stereocenters. The van der Waals surface area contributed by atoms with E-state index in [9.17, 15) is 4.79 Å². The predicted molar refractivity (Wildman–Crippen MR) is 105 cm³/mol. The van der Waals surface area contributed by atoms with E-state index in [0.29, 0.717) is 28.6 Å². The van der Waals surface area contributed by atoms with Crippen LogP contribution in [0.2, 0.25) is 0 Å². The van der Waals surface area contributed by atoms with Crippen LogP contribution in [0.25, 0.3) is 10.6 Å². The zero-order valence-corrected chi connectivity index (χ0v) is 16.5. The Bertz CT molecular complexity index is 941. The Kier molecular flexibility index (Phi) is 5.71. The van der Waals surface area contributed by atoms with E-state index >= 15 is 0 Å². The number of aromatic nitrogens is 2. The van der Waals surface area contributed by atoms with Gasteiger partial charge in [-0.25, -0.2) is 4.98 Å². The van der Waals surface area contributed by atoms with Crippen LogP contribution in [0.5, 0.6) is 11.5 Å². The molecule has 0 fully saturated rings. The van der Waals surface area contributed by atoms with Gasteiger partial charge in [0.15, 0.2) is 11.5 Å². The van der Waals surface area contributed by atoms with Crippen LogP contribution in [-0.2, 0) is 6.54 Å². The van der Waals surface area contributed by atoms with Gasteiger partial charge in [0, 0.05) is 31.5 Å². The highest BCUT2D eigenvalue weighted by atomic mass is 32.1. The second-order valence-corrected chi connectivity index (χ2v) is 7.02. The fourth-order valence-corrected chi connectivity index (χ4v) is 3.76. The third kappa shape index (κ3) is 4.09. The lowest BCUT2D eigenvalue weighted by Gasteiger charge is -2.16. The van der Waals surface area contributed by atoms with Crippen LogP contribution in [0.4, 0.5) is 0 Å². The number of carbonyl (C=O) groups is 1. The van der Waals surface area contributed by atoms with Crippen LogP contribution in [0.1, 0.15) is 20.9 Å². The monoisotopic (exact) mass is 383 g/mol. The molecule has 7 heteroatoms. The van der Waals surface area contributed by atoms with Gasteiger partial charge in [-0.05, 0) is 36.8 Å². The average Bonchev–Trinajstić information content (AvgIpc) is 3.09. The Balaban J connectivity index is 1.84. The van der Waals surface area contributed by atoms with Crippen molar-refractivity contribution < 1.29 is 14.3 Å². The Morgan fingerprint density at radius 2 is 1.96 bits per heavy atom. The van der Waals surface area contributed by atoms with E-state index in [4.69, 9.17) is 9.47 Å². The van der Waals surface area contributed by atoms with Gasteiger partial charge in [-0.1, -0.05) is 6.07 Å². The second kappa shape index (κ2) is 8.18. The molecule has 0 aliphatic carbocycles. The van der Waals surface area contributed by atoms with Crippen molar-refractivity contribution in [1.82, 2.24) is 14.9 Å². The van der Waals surface area contributed by atoms with Gasteiger partial charge in [-0.2, -0.15) is 0 Å². The minimum absolute atomic E-state index is 0.0550. The summed E-state index contributed by atoms with van der Waals surface area (Å²) < 4.78 is 10.6. The number of nitrogens with zero attached hydrogens (tertiary/aromatic N) is 3. The van der Waals surface area contributed by atoms with Crippen LogP contribution >= 0.6 is 11.3 Å². The number of methoxy groups -OCH3 is 2. The molecule has 1 amide bonds. The summed E-state index contributed by atoms with van der Waals surface area (Å²) in [5.41, 5.74) is 2.58. The van der Waals surface area contributed by atoms with Crippen molar-refractivity contribution in [3.63, 3.8) is 0 Å². The molecule has 0 atom stereocenters. The Labute approximate surface area is 162 Å². The summed E-state index contributed by atoms with van der Waals surface area (Å²) in [5, 5.41) is 0.770. The second-order valence-electron chi connectivity index (χ2n) is 6.03. The smallest absolute Gasteiger partial charge is 0.265 e. The lowest BCUT2D eigenvalue weighted by molar-refractivity contribution is 0.0789. The van der Waals surface area contributed by atoms with Gasteiger partial charge in [0.2, 0.25) is 0 Å². The summed E-state index contributed by atoms with van der Waals surface area (Å²) >= 11 is 1.38. The Morgan fingerprint density at radius 1 is 1.19 bits per heavy atom. The standard InChI is InChI=1S/C20H21N3O3S/c1-13-18(20(24)23(2)12-14-6-5-9-21-11-14)27-19(22-13)15-7-8-16(25-3)17(10-15)26-4/h5-11H,12H2,1-4H3. The number of hydrogen-bond acceptors (Lipinski definition) is 6. The zero-order chi connectivity index (χ0) is 19.4. The maximum Gasteiger partial charge on any atom is 0.265 e.